The highest BCUT2D eigenvalue weighted by Gasteiger charge is 2.20. The van der Waals surface area contributed by atoms with Crippen molar-refractivity contribution >= 4 is 11.6 Å². The molecule has 0 aliphatic carbocycles. The molecule has 0 radical (unpaired) electrons. The first-order chi connectivity index (χ1) is 12.1. The number of amides is 1. The molecule has 1 amide bonds. The zero-order valence-corrected chi connectivity index (χ0v) is 13.9. The van der Waals surface area contributed by atoms with Crippen molar-refractivity contribution < 1.29 is 14.5 Å². The van der Waals surface area contributed by atoms with E-state index in [1.54, 1.807) is 12.1 Å². The molecule has 1 saturated heterocycles. The van der Waals surface area contributed by atoms with Crippen LogP contribution in [-0.4, -0.2) is 28.8 Å². The Morgan fingerprint density at radius 2 is 1.80 bits per heavy atom. The Kier molecular flexibility index (Phi) is 5.28. The summed E-state index contributed by atoms with van der Waals surface area (Å²) >= 11 is 0. The summed E-state index contributed by atoms with van der Waals surface area (Å²) in [5.41, 5.74) is 1.56. The molecule has 6 heteroatoms. The number of rotatable bonds is 6. The van der Waals surface area contributed by atoms with Crippen LogP contribution in [0.15, 0.2) is 48.5 Å². The van der Waals surface area contributed by atoms with Crippen LogP contribution in [0.3, 0.4) is 0 Å². The Balaban J connectivity index is 1.74. The normalized spacial score (nSPS) is 13.7. The quantitative estimate of drug-likeness (QED) is 0.597. The van der Waals surface area contributed by atoms with Crippen LogP contribution in [0.1, 0.15) is 24.0 Å². The van der Waals surface area contributed by atoms with Gasteiger partial charge in [-0.1, -0.05) is 36.4 Å². The molecule has 2 aromatic rings. The van der Waals surface area contributed by atoms with Gasteiger partial charge in [0.1, 0.15) is 6.61 Å². The molecule has 0 unspecified atom stereocenters. The monoisotopic (exact) mass is 340 g/mol. The second kappa shape index (κ2) is 7.79. The molecule has 3 rings (SSSR count). The lowest BCUT2D eigenvalue weighted by molar-refractivity contribution is -0.386. The molecule has 0 aromatic heterocycles. The third-order valence-corrected chi connectivity index (χ3v) is 4.27. The number of nitro benzene ring substituents is 1. The third-order valence-electron chi connectivity index (χ3n) is 4.27. The molecule has 1 heterocycles. The van der Waals surface area contributed by atoms with E-state index in [1.165, 1.54) is 6.07 Å². The Bertz CT molecular complexity index is 755. The Morgan fingerprint density at radius 3 is 2.48 bits per heavy atom. The van der Waals surface area contributed by atoms with Gasteiger partial charge in [-0.2, -0.15) is 0 Å². The van der Waals surface area contributed by atoms with Crippen LogP contribution in [0.25, 0.3) is 0 Å². The van der Waals surface area contributed by atoms with Crippen LogP contribution < -0.4 is 4.74 Å². The standard InChI is InChI=1S/C19H20N2O4/c22-19(20-10-4-5-11-20)13-16-8-9-17(21(23)24)18(12-16)25-14-15-6-2-1-3-7-15/h1-3,6-9,12H,4-5,10-11,13-14H2. The van der Waals surface area contributed by atoms with Crippen molar-refractivity contribution in [2.75, 3.05) is 13.1 Å². The number of benzene rings is 2. The Hall–Kier alpha value is -2.89. The van der Waals surface area contributed by atoms with Gasteiger partial charge in [0.05, 0.1) is 11.3 Å². The van der Waals surface area contributed by atoms with Crippen molar-refractivity contribution in [1.29, 1.82) is 0 Å². The van der Waals surface area contributed by atoms with E-state index in [4.69, 9.17) is 4.74 Å². The molecule has 0 spiro atoms. The van der Waals surface area contributed by atoms with Gasteiger partial charge in [-0.25, -0.2) is 0 Å². The molecular formula is C19H20N2O4. The number of likely N-dealkylation sites (tertiary alicyclic amines) is 1. The fraction of sp³-hybridized carbons (Fsp3) is 0.316. The van der Waals surface area contributed by atoms with E-state index in [1.807, 2.05) is 35.2 Å². The van der Waals surface area contributed by atoms with Crippen molar-refractivity contribution in [1.82, 2.24) is 4.90 Å². The predicted molar refractivity (Wildman–Crippen MR) is 93.4 cm³/mol. The SMILES string of the molecule is O=C(Cc1ccc([N+](=O)[O-])c(OCc2ccccc2)c1)N1CCCC1. The lowest BCUT2D eigenvalue weighted by Crippen LogP contribution is -2.29. The largest absolute Gasteiger partial charge is 0.482 e. The van der Waals surface area contributed by atoms with E-state index in [0.717, 1.165) is 37.1 Å². The van der Waals surface area contributed by atoms with Gasteiger partial charge in [-0.3, -0.25) is 14.9 Å². The molecule has 130 valence electrons. The number of hydrogen-bond acceptors (Lipinski definition) is 4. The Morgan fingerprint density at radius 1 is 1.08 bits per heavy atom. The first-order valence-corrected chi connectivity index (χ1v) is 8.35. The molecular weight excluding hydrogens is 320 g/mol. The van der Waals surface area contributed by atoms with Crippen LogP contribution in [0, 0.1) is 10.1 Å². The lowest BCUT2D eigenvalue weighted by atomic mass is 10.1. The summed E-state index contributed by atoms with van der Waals surface area (Å²) in [6, 6.07) is 14.1. The minimum atomic E-state index is -0.466. The van der Waals surface area contributed by atoms with Crippen LogP contribution >= 0.6 is 0 Å². The summed E-state index contributed by atoms with van der Waals surface area (Å²) in [7, 11) is 0. The highest BCUT2D eigenvalue weighted by molar-refractivity contribution is 5.79. The van der Waals surface area contributed by atoms with E-state index in [0.29, 0.717) is 0 Å². The maximum atomic E-state index is 12.3. The van der Waals surface area contributed by atoms with Crippen LogP contribution in [-0.2, 0) is 17.8 Å². The van der Waals surface area contributed by atoms with Crippen molar-refractivity contribution in [3.8, 4) is 5.75 Å². The number of nitrogens with zero attached hydrogens (tertiary/aromatic N) is 2. The molecule has 1 fully saturated rings. The molecule has 1 aliphatic rings. The number of hydrogen-bond donors (Lipinski definition) is 0. The average Bonchev–Trinajstić information content (AvgIpc) is 3.15. The van der Waals surface area contributed by atoms with Crippen LogP contribution in [0.4, 0.5) is 5.69 Å². The van der Waals surface area contributed by atoms with Gasteiger partial charge < -0.3 is 9.64 Å². The van der Waals surface area contributed by atoms with Gasteiger partial charge in [-0.15, -0.1) is 0 Å². The zero-order chi connectivity index (χ0) is 17.6. The molecule has 0 N–H and O–H groups in total. The molecule has 0 bridgehead atoms. The second-order valence-electron chi connectivity index (χ2n) is 6.10. The predicted octanol–water partition coefficient (Wildman–Crippen LogP) is 3.34. The second-order valence-corrected chi connectivity index (χ2v) is 6.10. The first-order valence-electron chi connectivity index (χ1n) is 8.35. The van der Waals surface area contributed by atoms with Gasteiger partial charge in [-0.05, 0) is 30.0 Å². The highest BCUT2D eigenvalue weighted by atomic mass is 16.6. The number of carbonyl (C=O) groups excluding carboxylic acids is 1. The van der Waals surface area contributed by atoms with Crippen LogP contribution in [0.2, 0.25) is 0 Å². The van der Waals surface area contributed by atoms with Gasteiger partial charge >= 0.3 is 5.69 Å². The fourth-order valence-corrected chi connectivity index (χ4v) is 2.92. The Labute approximate surface area is 146 Å². The lowest BCUT2D eigenvalue weighted by Gasteiger charge is -2.15. The highest BCUT2D eigenvalue weighted by Crippen LogP contribution is 2.29. The topological polar surface area (TPSA) is 72.7 Å². The summed E-state index contributed by atoms with van der Waals surface area (Å²) < 4.78 is 5.67. The summed E-state index contributed by atoms with van der Waals surface area (Å²) in [5, 5.41) is 11.2. The van der Waals surface area contributed by atoms with E-state index >= 15 is 0 Å². The molecule has 25 heavy (non-hydrogen) atoms. The summed E-state index contributed by atoms with van der Waals surface area (Å²) in [5.74, 6) is 0.251. The number of nitro groups is 1. The van der Waals surface area contributed by atoms with Gasteiger partial charge in [0.2, 0.25) is 5.91 Å². The summed E-state index contributed by atoms with van der Waals surface area (Å²) in [4.78, 5) is 24.9. The van der Waals surface area contributed by atoms with E-state index in [2.05, 4.69) is 0 Å². The van der Waals surface area contributed by atoms with Gasteiger partial charge in [0, 0.05) is 19.2 Å². The zero-order valence-electron chi connectivity index (χ0n) is 13.9. The molecule has 1 aliphatic heterocycles. The minimum absolute atomic E-state index is 0.0559. The van der Waals surface area contributed by atoms with Gasteiger partial charge in [0.15, 0.2) is 5.75 Å². The smallest absolute Gasteiger partial charge is 0.310 e. The maximum Gasteiger partial charge on any atom is 0.310 e. The molecule has 6 nitrogen and oxygen atoms in total. The van der Waals surface area contributed by atoms with E-state index in [9.17, 15) is 14.9 Å². The summed E-state index contributed by atoms with van der Waals surface area (Å²) in [6.45, 7) is 1.83. The minimum Gasteiger partial charge on any atom is -0.482 e. The average molecular weight is 340 g/mol. The fourth-order valence-electron chi connectivity index (χ4n) is 2.92. The maximum absolute atomic E-state index is 12.3. The number of carbonyl (C=O) groups is 1. The first kappa shape index (κ1) is 17.0. The third kappa shape index (κ3) is 4.35. The van der Waals surface area contributed by atoms with E-state index in [-0.39, 0.29) is 30.4 Å². The van der Waals surface area contributed by atoms with Crippen molar-refractivity contribution in [3.63, 3.8) is 0 Å². The van der Waals surface area contributed by atoms with Gasteiger partial charge in [0.25, 0.3) is 0 Å². The van der Waals surface area contributed by atoms with Crippen molar-refractivity contribution in [2.45, 2.75) is 25.9 Å². The molecule has 0 saturated carbocycles. The summed E-state index contributed by atoms with van der Waals surface area (Å²) in [6.07, 6.45) is 2.31. The molecule has 2 aromatic carbocycles. The van der Waals surface area contributed by atoms with E-state index < -0.39 is 4.92 Å². The van der Waals surface area contributed by atoms with Crippen LogP contribution in [0.5, 0.6) is 5.75 Å². The number of ether oxygens (including phenoxy) is 1. The van der Waals surface area contributed by atoms with Crippen molar-refractivity contribution in [3.05, 3.63) is 69.8 Å². The van der Waals surface area contributed by atoms with Crippen molar-refractivity contribution in [2.24, 2.45) is 0 Å². The molecule has 0 atom stereocenters.